The van der Waals surface area contributed by atoms with Gasteiger partial charge in [-0.15, -0.1) is 0 Å². The van der Waals surface area contributed by atoms with Gasteiger partial charge in [0.2, 0.25) is 0 Å². The maximum Gasteiger partial charge on any atom is 0.341 e. The van der Waals surface area contributed by atoms with Crippen molar-refractivity contribution in [3.8, 4) is 0 Å². The summed E-state index contributed by atoms with van der Waals surface area (Å²) >= 11 is 0. The van der Waals surface area contributed by atoms with Crippen molar-refractivity contribution in [3.05, 3.63) is 146 Å². The number of carbonyl (C=O) groups excluding carboxylic acids is 12. The quantitative estimate of drug-likeness (QED) is 0.0103. The first-order valence-corrected chi connectivity index (χ1v) is 52.0. The number of carboxylic acid groups (broad SMARTS) is 4. The molecule has 0 bridgehead atoms. The van der Waals surface area contributed by atoms with E-state index in [0.717, 1.165) is 0 Å². The molecule has 0 aliphatic carbocycles. The molecule has 844 valence electrons. The molecular formula is C80H128Hf2O56S8Zr. The number of carboxylic acids is 4. The Morgan fingerprint density at radius 3 is 0.293 bits per heavy atom. The van der Waals surface area contributed by atoms with Crippen LogP contribution in [0.4, 0.5) is 0 Å². The number of carbonyl (C=O) groups is 16. The molecule has 56 nitrogen and oxygen atoms in total. The van der Waals surface area contributed by atoms with Crippen LogP contribution in [0.2, 0.25) is 0 Å². The van der Waals surface area contributed by atoms with E-state index in [1.54, 1.807) is 0 Å². The van der Waals surface area contributed by atoms with E-state index < -0.39 is 249 Å². The Hall–Kier alpha value is -9.70. The van der Waals surface area contributed by atoms with E-state index in [0.29, 0.717) is 0 Å². The smallest absolute Gasteiger partial charge is 0.341 e. The molecule has 0 spiro atoms. The Kier molecular flexibility index (Phi) is 110. The molecule has 0 aromatic rings. The second-order valence-electron chi connectivity index (χ2n) is 27.4. The third-order valence-corrected chi connectivity index (χ3v) is 18.2. The van der Waals surface area contributed by atoms with Crippen molar-refractivity contribution in [2.75, 3.05) is 125 Å². The number of hydrogen-bond donors (Lipinski definition) is 12. The predicted octanol–water partition coefficient (Wildman–Crippen LogP) is 3.82. The summed E-state index contributed by atoms with van der Waals surface area (Å²) < 4.78 is 283. The number of aliphatic carboxylic acids is 4. The first kappa shape index (κ1) is 171. The fraction of sp³-hybridized carbons (Fsp3) is 0.500. The molecule has 0 rings (SSSR count). The Balaban J connectivity index is -0.0000000994. The molecule has 147 heavy (non-hydrogen) atoms. The summed E-state index contributed by atoms with van der Waals surface area (Å²) in [5.41, 5.74) is 2.83. The Morgan fingerprint density at radius 1 is 0.170 bits per heavy atom. The molecular weight excluding hydrogens is 2560 g/mol. The summed E-state index contributed by atoms with van der Waals surface area (Å²) in [6.07, 6.45) is 0.650. The second kappa shape index (κ2) is 94.7. The van der Waals surface area contributed by atoms with Gasteiger partial charge in [0.05, 0.1) is 98.9 Å². The maximum absolute atomic E-state index is 10.7. The molecule has 0 unspecified atom stereocenters. The topological polar surface area (TPSA) is 900 Å². The van der Waals surface area contributed by atoms with Crippen LogP contribution in [0.15, 0.2) is 146 Å². The van der Waals surface area contributed by atoms with Gasteiger partial charge in [0, 0.05) is 145 Å². The third-order valence-electron chi connectivity index (χ3n) is 11.7. The van der Waals surface area contributed by atoms with E-state index in [1.165, 1.54) is 83.1 Å². The average Bonchev–Trinajstić information content (AvgIpc) is 0.979. The molecule has 0 fully saturated rings. The number of hydrogen-bond acceptors (Lipinski definition) is 44. The summed E-state index contributed by atoms with van der Waals surface area (Å²) in [6, 6.07) is 0. The Labute approximate surface area is 910 Å². The van der Waals surface area contributed by atoms with E-state index >= 15 is 0 Å². The molecule has 0 amide bonds. The van der Waals surface area contributed by atoms with Crippen molar-refractivity contribution >= 4 is 176 Å². The fourth-order valence-corrected chi connectivity index (χ4v) is 9.10. The van der Waals surface area contributed by atoms with Gasteiger partial charge in [0.15, 0.2) is 26.4 Å². The first-order chi connectivity index (χ1) is 64.8. The van der Waals surface area contributed by atoms with Crippen LogP contribution in [0.1, 0.15) is 134 Å². The predicted molar refractivity (Wildman–Crippen MR) is 508 cm³/mol. The van der Waals surface area contributed by atoms with Crippen LogP contribution in [-0.2, 0) is 292 Å². The van der Waals surface area contributed by atoms with Crippen LogP contribution >= 0.6 is 0 Å². The van der Waals surface area contributed by atoms with Crippen molar-refractivity contribution < 1.29 is 336 Å². The van der Waals surface area contributed by atoms with Gasteiger partial charge < -0.3 is 77.3 Å². The summed E-state index contributed by atoms with van der Waals surface area (Å²) in [7, 11) is -31.6. The molecule has 67 heteroatoms. The standard InChI is InChI=1S/8C7H12O5S.4C6H8O4.2Hf.Zr/c8*1-6(2)7(8)12-4-3-5-13(9,10)11;4*1-4(2)6(9)10-3-5(7)8;;;/h8*1,3-5H2,2H3,(H,9,10,11);4*1,3H2,2H3,(H,7,8);;;. The van der Waals surface area contributed by atoms with Crippen LogP contribution in [0.25, 0.3) is 0 Å². The fourth-order valence-electron chi connectivity index (χ4n) is 5.24. The molecule has 0 aliphatic rings. The largest absolute Gasteiger partial charge is 0.479 e. The van der Waals surface area contributed by atoms with Crippen molar-refractivity contribution in [1.29, 1.82) is 0 Å². The van der Waals surface area contributed by atoms with E-state index in [1.807, 2.05) is 0 Å². The van der Waals surface area contributed by atoms with Gasteiger partial charge in [-0.3, -0.25) is 36.4 Å². The minimum atomic E-state index is -3.96. The number of ether oxygens (including phenoxy) is 12. The van der Waals surface area contributed by atoms with Crippen LogP contribution in [0, 0.1) is 0 Å². The zero-order chi connectivity index (χ0) is 116. The van der Waals surface area contributed by atoms with Gasteiger partial charge in [0.25, 0.3) is 80.9 Å². The van der Waals surface area contributed by atoms with Crippen molar-refractivity contribution in [1.82, 2.24) is 0 Å². The molecule has 0 saturated heterocycles. The van der Waals surface area contributed by atoms with Gasteiger partial charge >= 0.3 is 95.5 Å². The molecule has 0 atom stereocenters. The summed E-state index contributed by atoms with van der Waals surface area (Å²) in [5.74, 6) is -15.1. The van der Waals surface area contributed by atoms with Gasteiger partial charge in [0.1, 0.15) is 0 Å². The molecule has 0 aromatic heterocycles. The summed E-state index contributed by atoms with van der Waals surface area (Å²) in [6.45, 7) is 54.8. The van der Waals surface area contributed by atoms with Gasteiger partial charge in [-0.25, -0.2) is 76.7 Å². The van der Waals surface area contributed by atoms with Crippen LogP contribution in [0.5, 0.6) is 0 Å². The minimum Gasteiger partial charge on any atom is -0.479 e. The normalized spacial score (nSPS) is 10.0. The second-order valence-corrected chi connectivity index (χ2v) is 40.0. The first-order valence-electron chi connectivity index (χ1n) is 39.2. The van der Waals surface area contributed by atoms with Gasteiger partial charge in [-0.05, 0) is 134 Å². The van der Waals surface area contributed by atoms with Crippen molar-refractivity contribution in [2.45, 2.75) is 134 Å². The number of esters is 12. The van der Waals surface area contributed by atoms with Gasteiger partial charge in [-0.1, -0.05) is 78.9 Å². The third kappa shape index (κ3) is 164. The average molecular weight is 2690 g/mol. The monoisotopic (exact) mass is 2690 g/mol. The Bertz CT molecular complexity index is 4460. The Morgan fingerprint density at radius 2 is 0.238 bits per heavy atom. The zero-order valence-corrected chi connectivity index (χ0v) is 98.6. The molecule has 0 aliphatic heterocycles. The molecule has 0 radical (unpaired) electrons. The van der Waals surface area contributed by atoms with Crippen LogP contribution < -0.4 is 0 Å². The van der Waals surface area contributed by atoms with E-state index in [9.17, 15) is 144 Å². The van der Waals surface area contributed by atoms with E-state index in [4.69, 9.17) is 56.8 Å². The molecule has 12 N–H and O–H groups in total. The molecule has 0 saturated carbocycles. The number of rotatable bonds is 52. The van der Waals surface area contributed by atoms with Crippen molar-refractivity contribution in [3.63, 3.8) is 0 Å². The zero-order valence-electron chi connectivity index (χ0n) is 82.4. The summed E-state index contributed by atoms with van der Waals surface area (Å²) in [4.78, 5) is 167. The summed E-state index contributed by atoms with van der Waals surface area (Å²) in [5, 5.41) is 32.1. The SMILES string of the molecule is C=C(C)C(=O)OCC(=O)O.C=C(C)C(=O)OCC(=O)O.C=C(C)C(=O)OCC(=O)O.C=C(C)C(=O)OCC(=O)O.C=C(C)C(=O)OCCCS(=O)(=O)O.C=C(C)C(=O)OCCCS(=O)(=O)O.C=C(C)C(=O)OCCCS(=O)(=O)O.C=C(C)C(=O)OCCCS(=O)(=O)O.C=C(C)C(=O)OCCCS(=O)(=O)O.C=C(C)C(=O)OCCCS(=O)(=O)O.C=C(C)C(=O)OCCCS(=O)(=O)O.C=C(C)C(=O)OCCCS(=O)(=O)O.[Hf].[Hf].[Zr]. The van der Waals surface area contributed by atoms with E-state index in [2.05, 4.69) is 136 Å². The maximum atomic E-state index is 10.7. The van der Waals surface area contributed by atoms with E-state index in [-0.39, 0.29) is 249 Å². The van der Waals surface area contributed by atoms with Gasteiger partial charge in [-0.2, -0.15) is 67.3 Å². The van der Waals surface area contributed by atoms with Crippen molar-refractivity contribution in [2.24, 2.45) is 0 Å². The van der Waals surface area contributed by atoms with Crippen LogP contribution in [0.3, 0.4) is 0 Å². The minimum absolute atomic E-state index is 0. The molecule has 0 heterocycles. The van der Waals surface area contributed by atoms with Crippen LogP contribution in [-0.4, -0.2) is 345 Å². The molecule has 0 aromatic carbocycles.